The van der Waals surface area contributed by atoms with E-state index in [0.717, 1.165) is 11.1 Å². The van der Waals surface area contributed by atoms with E-state index < -0.39 is 0 Å². The largest absolute Gasteiger partial charge is 0.398 e. The van der Waals surface area contributed by atoms with Crippen LogP contribution in [0.4, 0.5) is 5.69 Å². The molecule has 2 heterocycles. The van der Waals surface area contributed by atoms with Crippen LogP contribution in [-0.4, -0.2) is 15.1 Å². The molecule has 1 aromatic carbocycles. The van der Waals surface area contributed by atoms with E-state index in [1.165, 1.54) is 6.20 Å². The summed E-state index contributed by atoms with van der Waals surface area (Å²) in [6.07, 6.45) is 1.48. The zero-order valence-electron chi connectivity index (χ0n) is 11.0. The lowest BCUT2D eigenvalue weighted by Gasteiger charge is -2.03. The van der Waals surface area contributed by atoms with Crippen LogP contribution in [0.1, 0.15) is 5.56 Å². The Morgan fingerprint density at radius 3 is 2.81 bits per heavy atom. The molecular weight excluding hydrogens is 311 g/mol. The maximum atomic E-state index is 6.09. The molecule has 0 saturated heterocycles. The molecule has 0 aliphatic heterocycles. The van der Waals surface area contributed by atoms with Crippen molar-refractivity contribution in [1.29, 1.82) is 0 Å². The number of nitrogen functional groups attached to an aromatic ring is 1. The first-order chi connectivity index (χ1) is 10.1. The van der Waals surface area contributed by atoms with Crippen LogP contribution in [0.3, 0.4) is 0 Å². The van der Waals surface area contributed by atoms with E-state index in [2.05, 4.69) is 15.1 Å². The summed E-state index contributed by atoms with van der Waals surface area (Å²) < 4.78 is 5.28. The average molecular weight is 321 g/mol. The van der Waals surface area contributed by atoms with Gasteiger partial charge in [0.15, 0.2) is 0 Å². The third-order valence-corrected chi connectivity index (χ3v) is 3.55. The molecule has 0 fully saturated rings. The third-order valence-electron chi connectivity index (χ3n) is 3.05. The number of halogens is 2. The second-order valence-electron chi connectivity index (χ2n) is 4.43. The summed E-state index contributed by atoms with van der Waals surface area (Å²) in [5, 5.41) is 4.71. The summed E-state index contributed by atoms with van der Waals surface area (Å²) in [7, 11) is 0. The fourth-order valence-electron chi connectivity index (χ4n) is 1.89. The second-order valence-corrected chi connectivity index (χ2v) is 5.27. The van der Waals surface area contributed by atoms with Crippen LogP contribution in [0.25, 0.3) is 23.0 Å². The SMILES string of the molecule is Cc1c(N)cccc1-c1nc(-c2ncc(Cl)cc2Cl)no1. The first kappa shape index (κ1) is 13.9. The molecular formula is C14H10Cl2N4O. The molecule has 0 aliphatic rings. The maximum Gasteiger partial charge on any atom is 0.258 e. The van der Waals surface area contributed by atoms with Gasteiger partial charge in [0.2, 0.25) is 5.82 Å². The zero-order chi connectivity index (χ0) is 15.0. The molecule has 0 spiro atoms. The molecule has 0 unspecified atom stereocenters. The van der Waals surface area contributed by atoms with Crippen LogP contribution >= 0.6 is 23.2 Å². The summed E-state index contributed by atoms with van der Waals surface area (Å²) in [4.78, 5) is 8.44. The molecule has 5 nitrogen and oxygen atoms in total. The second kappa shape index (κ2) is 5.35. The Kier molecular flexibility index (Phi) is 3.53. The Labute approximate surface area is 130 Å². The topological polar surface area (TPSA) is 77.8 Å². The van der Waals surface area contributed by atoms with Crippen molar-refractivity contribution < 1.29 is 4.52 Å². The van der Waals surface area contributed by atoms with Gasteiger partial charge in [-0.2, -0.15) is 4.98 Å². The number of pyridine rings is 1. The number of benzene rings is 1. The molecule has 0 radical (unpaired) electrons. The average Bonchev–Trinajstić information content (AvgIpc) is 2.91. The maximum absolute atomic E-state index is 6.09. The first-order valence-electron chi connectivity index (χ1n) is 6.07. The number of rotatable bonds is 2. The quantitative estimate of drug-likeness (QED) is 0.722. The molecule has 0 aliphatic carbocycles. The van der Waals surface area contributed by atoms with Gasteiger partial charge in [0.1, 0.15) is 5.69 Å². The van der Waals surface area contributed by atoms with Crippen LogP contribution < -0.4 is 5.73 Å². The van der Waals surface area contributed by atoms with Crippen molar-refractivity contribution in [3.05, 3.63) is 46.1 Å². The van der Waals surface area contributed by atoms with Gasteiger partial charge in [-0.15, -0.1) is 0 Å². The Hall–Kier alpha value is -2.11. The van der Waals surface area contributed by atoms with Crippen LogP contribution in [0.15, 0.2) is 35.0 Å². The van der Waals surface area contributed by atoms with Crippen LogP contribution in [0, 0.1) is 6.92 Å². The Morgan fingerprint density at radius 1 is 1.24 bits per heavy atom. The zero-order valence-corrected chi connectivity index (χ0v) is 12.5. The van der Waals surface area contributed by atoms with Gasteiger partial charge >= 0.3 is 0 Å². The Bertz CT molecular complexity index is 816. The minimum Gasteiger partial charge on any atom is -0.398 e. The predicted octanol–water partition coefficient (Wildman–Crippen LogP) is 4.00. The van der Waals surface area contributed by atoms with E-state index in [9.17, 15) is 0 Å². The van der Waals surface area contributed by atoms with Gasteiger partial charge in [0.25, 0.3) is 5.89 Å². The minimum absolute atomic E-state index is 0.300. The molecule has 21 heavy (non-hydrogen) atoms. The molecule has 106 valence electrons. The van der Waals surface area contributed by atoms with Gasteiger partial charge in [-0.05, 0) is 30.7 Å². The summed E-state index contributed by atoms with van der Waals surface area (Å²) in [5.41, 5.74) is 8.61. The van der Waals surface area contributed by atoms with Crippen molar-refractivity contribution in [2.24, 2.45) is 0 Å². The van der Waals surface area contributed by atoms with Gasteiger partial charge < -0.3 is 10.3 Å². The van der Waals surface area contributed by atoms with Gasteiger partial charge in [-0.25, -0.2) is 4.98 Å². The highest BCUT2D eigenvalue weighted by Crippen LogP contribution is 2.30. The fraction of sp³-hybridized carbons (Fsp3) is 0.0714. The molecule has 2 aromatic heterocycles. The fourth-order valence-corrected chi connectivity index (χ4v) is 2.36. The molecule has 3 aromatic rings. The van der Waals surface area contributed by atoms with E-state index in [0.29, 0.717) is 33.1 Å². The smallest absolute Gasteiger partial charge is 0.258 e. The van der Waals surface area contributed by atoms with Gasteiger partial charge in [-0.3, -0.25) is 0 Å². The standard InChI is InChI=1S/C14H10Cl2N4O/c1-7-9(3-2-4-11(7)17)14-19-13(20-21-14)12-10(16)5-8(15)6-18-12/h2-6H,17H2,1H3. The highest BCUT2D eigenvalue weighted by Gasteiger charge is 2.16. The first-order valence-corrected chi connectivity index (χ1v) is 6.82. The van der Waals surface area contributed by atoms with Gasteiger partial charge in [-0.1, -0.05) is 34.4 Å². The highest BCUT2D eigenvalue weighted by molar-refractivity contribution is 6.35. The van der Waals surface area contributed by atoms with Crippen molar-refractivity contribution in [3.63, 3.8) is 0 Å². The van der Waals surface area contributed by atoms with Crippen molar-refractivity contribution in [2.75, 3.05) is 5.73 Å². The number of hydrogen-bond donors (Lipinski definition) is 1. The van der Waals surface area contributed by atoms with Crippen molar-refractivity contribution in [3.8, 4) is 23.0 Å². The van der Waals surface area contributed by atoms with E-state index in [1.807, 2.05) is 25.1 Å². The van der Waals surface area contributed by atoms with Crippen LogP contribution in [-0.2, 0) is 0 Å². The molecule has 0 bridgehead atoms. The molecule has 3 rings (SSSR count). The van der Waals surface area contributed by atoms with Gasteiger partial charge in [0.05, 0.1) is 10.0 Å². The van der Waals surface area contributed by atoms with E-state index in [1.54, 1.807) is 6.07 Å². The van der Waals surface area contributed by atoms with E-state index in [4.69, 9.17) is 33.5 Å². The highest BCUT2D eigenvalue weighted by atomic mass is 35.5. The summed E-state index contributed by atoms with van der Waals surface area (Å²) in [6, 6.07) is 7.08. The third kappa shape index (κ3) is 2.57. The van der Waals surface area contributed by atoms with Crippen molar-refractivity contribution in [1.82, 2.24) is 15.1 Å². The molecule has 2 N–H and O–H groups in total. The Balaban J connectivity index is 2.06. The molecule has 0 amide bonds. The minimum atomic E-state index is 0.300. The van der Waals surface area contributed by atoms with E-state index >= 15 is 0 Å². The number of nitrogens with zero attached hydrogens (tertiary/aromatic N) is 3. The number of aromatic nitrogens is 3. The molecule has 0 saturated carbocycles. The predicted molar refractivity (Wildman–Crippen MR) is 82.1 cm³/mol. The van der Waals surface area contributed by atoms with Crippen LogP contribution in [0.2, 0.25) is 10.0 Å². The Morgan fingerprint density at radius 2 is 2.05 bits per heavy atom. The van der Waals surface area contributed by atoms with Gasteiger partial charge in [0, 0.05) is 17.4 Å². The lowest BCUT2D eigenvalue weighted by Crippen LogP contribution is -1.92. The number of hydrogen-bond acceptors (Lipinski definition) is 5. The summed E-state index contributed by atoms with van der Waals surface area (Å²) >= 11 is 11.9. The monoisotopic (exact) mass is 320 g/mol. The lowest BCUT2D eigenvalue weighted by atomic mass is 10.1. The molecule has 0 atom stereocenters. The number of nitrogens with two attached hydrogens (primary N) is 1. The number of anilines is 1. The molecule has 7 heteroatoms. The van der Waals surface area contributed by atoms with E-state index in [-0.39, 0.29) is 0 Å². The van der Waals surface area contributed by atoms with Crippen LogP contribution in [0.5, 0.6) is 0 Å². The normalized spacial score (nSPS) is 10.8. The summed E-state index contributed by atoms with van der Waals surface area (Å²) in [5.74, 6) is 0.663. The van der Waals surface area contributed by atoms with Crippen molar-refractivity contribution >= 4 is 28.9 Å². The summed E-state index contributed by atoms with van der Waals surface area (Å²) in [6.45, 7) is 1.89. The lowest BCUT2D eigenvalue weighted by molar-refractivity contribution is 0.432. The van der Waals surface area contributed by atoms with Crippen molar-refractivity contribution in [2.45, 2.75) is 6.92 Å².